The number of hydrogen-bond donors (Lipinski definition) is 1. The van der Waals surface area contributed by atoms with E-state index in [1.165, 1.54) is 37.1 Å². The topological polar surface area (TPSA) is 103 Å². The van der Waals surface area contributed by atoms with Crippen LogP contribution >= 0.6 is 11.8 Å². The van der Waals surface area contributed by atoms with Gasteiger partial charge in [0, 0.05) is 17.8 Å². The van der Waals surface area contributed by atoms with Gasteiger partial charge >= 0.3 is 5.69 Å². The van der Waals surface area contributed by atoms with Crippen LogP contribution in [0.5, 0.6) is 0 Å². The molecule has 28 heavy (non-hydrogen) atoms. The van der Waals surface area contributed by atoms with Crippen molar-refractivity contribution in [1.82, 2.24) is 14.8 Å². The fraction of sp³-hybridized carbons (Fsp3) is 0.500. The normalized spacial score (nSPS) is 16.0. The number of amides is 1. The molecule has 10 heteroatoms. The van der Waals surface area contributed by atoms with Crippen molar-refractivity contribution in [2.45, 2.75) is 62.4 Å². The molecule has 1 N–H and O–H groups in total. The number of nitrogens with one attached hydrogen (secondary N) is 1. The second-order valence-electron chi connectivity index (χ2n) is 6.86. The maximum atomic E-state index is 13.5. The first-order valence-corrected chi connectivity index (χ1v) is 10.1. The molecule has 1 aliphatic carbocycles. The van der Waals surface area contributed by atoms with Crippen LogP contribution in [0.4, 0.5) is 15.8 Å². The molecule has 1 saturated carbocycles. The van der Waals surface area contributed by atoms with Crippen molar-refractivity contribution in [3.05, 3.63) is 40.0 Å². The average molecular weight is 407 g/mol. The standard InChI is InChI=1S/C18H22FN5O3S/c1-11(17(25)20-13-8-9-15(19)16(10-13)24(26)27)28-18-22-21-12(2)23(18)14-6-4-3-5-7-14/h8-11,14H,3-7H2,1-2H3,(H,20,25). The number of nitro groups is 1. The maximum Gasteiger partial charge on any atom is 0.306 e. The number of anilines is 1. The van der Waals surface area contributed by atoms with Crippen molar-refractivity contribution in [2.24, 2.45) is 0 Å². The Morgan fingerprint density at radius 2 is 2.07 bits per heavy atom. The van der Waals surface area contributed by atoms with E-state index < -0.39 is 21.7 Å². The minimum atomic E-state index is -0.943. The van der Waals surface area contributed by atoms with Crippen LogP contribution in [0.1, 0.15) is 50.9 Å². The number of halogens is 1. The SMILES string of the molecule is Cc1nnc(SC(C)C(=O)Nc2ccc(F)c([N+](=O)[O-])c2)n1C1CCCCC1. The Bertz CT molecular complexity index is 882. The van der Waals surface area contributed by atoms with Gasteiger partial charge in [0.1, 0.15) is 5.82 Å². The first-order valence-electron chi connectivity index (χ1n) is 9.19. The molecule has 1 unspecified atom stereocenters. The number of aromatic nitrogens is 3. The van der Waals surface area contributed by atoms with Gasteiger partial charge in [-0.15, -0.1) is 10.2 Å². The molecular formula is C18H22FN5O3S. The van der Waals surface area contributed by atoms with E-state index in [0.717, 1.165) is 30.8 Å². The maximum absolute atomic E-state index is 13.5. The Morgan fingerprint density at radius 3 is 2.75 bits per heavy atom. The second kappa shape index (κ2) is 8.68. The number of hydrogen-bond acceptors (Lipinski definition) is 6. The molecule has 0 bridgehead atoms. The summed E-state index contributed by atoms with van der Waals surface area (Å²) in [4.78, 5) is 22.6. The Balaban J connectivity index is 1.70. The van der Waals surface area contributed by atoms with Crippen molar-refractivity contribution in [3.63, 3.8) is 0 Å². The van der Waals surface area contributed by atoms with Gasteiger partial charge in [-0.3, -0.25) is 14.9 Å². The number of nitrogens with zero attached hydrogens (tertiary/aromatic N) is 4. The highest BCUT2D eigenvalue weighted by Gasteiger charge is 2.25. The highest BCUT2D eigenvalue weighted by Crippen LogP contribution is 2.34. The van der Waals surface area contributed by atoms with Gasteiger partial charge in [0.05, 0.1) is 10.2 Å². The van der Waals surface area contributed by atoms with E-state index in [-0.39, 0.29) is 11.6 Å². The van der Waals surface area contributed by atoms with Gasteiger partial charge in [-0.05, 0) is 38.8 Å². The van der Waals surface area contributed by atoms with Gasteiger partial charge < -0.3 is 9.88 Å². The van der Waals surface area contributed by atoms with Crippen molar-refractivity contribution in [2.75, 3.05) is 5.32 Å². The van der Waals surface area contributed by atoms with Crippen LogP contribution in [0.15, 0.2) is 23.4 Å². The lowest BCUT2D eigenvalue weighted by Crippen LogP contribution is -2.23. The van der Waals surface area contributed by atoms with Gasteiger partial charge in [-0.2, -0.15) is 4.39 Å². The molecule has 1 heterocycles. The molecule has 1 aromatic heterocycles. The number of nitro benzene ring substituents is 1. The Labute approximate surface area is 166 Å². The molecule has 1 fully saturated rings. The summed E-state index contributed by atoms with van der Waals surface area (Å²) in [5.74, 6) is -0.459. The van der Waals surface area contributed by atoms with Crippen LogP contribution in [0.2, 0.25) is 0 Å². The Kier molecular flexibility index (Phi) is 6.28. The van der Waals surface area contributed by atoms with Gasteiger partial charge in [0.15, 0.2) is 5.16 Å². The molecule has 1 aromatic carbocycles. The fourth-order valence-corrected chi connectivity index (χ4v) is 4.34. The minimum Gasteiger partial charge on any atom is -0.325 e. The highest BCUT2D eigenvalue weighted by molar-refractivity contribution is 8.00. The summed E-state index contributed by atoms with van der Waals surface area (Å²) in [5, 5.41) is 22.0. The van der Waals surface area contributed by atoms with Crippen LogP contribution < -0.4 is 5.32 Å². The first kappa shape index (κ1) is 20.2. The molecule has 2 aromatic rings. The summed E-state index contributed by atoms with van der Waals surface area (Å²) in [6.45, 7) is 3.64. The molecule has 0 saturated heterocycles. The van der Waals surface area contributed by atoms with Crippen LogP contribution in [-0.4, -0.2) is 30.8 Å². The lowest BCUT2D eigenvalue weighted by Gasteiger charge is -2.25. The van der Waals surface area contributed by atoms with E-state index in [0.29, 0.717) is 11.2 Å². The Hall–Kier alpha value is -2.49. The van der Waals surface area contributed by atoms with Crippen molar-refractivity contribution in [3.8, 4) is 0 Å². The third-order valence-electron chi connectivity index (χ3n) is 4.84. The van der Waals surface area contributed by atoms with Crippen molar-refractivity contribution >= 4 is 29.0 Å². The molecule has 150 valence electrons. The van der Waals surface area contributed by atoms with Gasteiger partial charge in [0.2, 0.25) is 11.7 Å². The zero-order valence-electron chi connectivity index (χ0n) is 15.7. The van der Waals surface area contributed by atoms with Gasteiger partial charge in [-0.25, -0.2) is 0 Å². The summed E-state index contributed by atoms with van der Waals surface area (Å²) in [6, 6.07) is 3.63. The Morgan fingerprint density at radius 1 is 1.36 bits per heavy atom. The predicted octanol–water partition coefficient (Wildman–Crippen LogP) is 4.26. The average Bonchev–Trinajstić information content (AvgIpc) is 3.03. The van der Waals surface area contributed by atoms with Crippen LogP contribution in [-0.2, 0) is 4.79 Å². The smallest absolute Gasteiger partial charge is 0.306 e. The zero-order chi connectivity index (χ0) is 20.3. The number of thioether (sulfide) groups is 1. The third-order valence-corrected chi connectivity index (χ3v) is 5.89. The van der Waals surface area contributed by atoms with E-state index in [9.17, 15) is 19.3 Å². The third kappa shape index (κ3) is 4.49. The van der Waals surface area contributed by atoms with E-state index in [1.807, 2.05) is 6.92 Å². The molecule has 0 aliphatic heterocycles. The summed E-state index contributed by atoms with van der Waals surface area (Å²) in [5.41, 5.74) is -0.499. The van der Waals surface area contributed by atoms with Crippen LogP contribution in [0, 0.1) is 22.9 Å². The lowest BCUT2D eigenvalue weighted by molar-refractivity contribution is -0.387. The lowest BCUT2D eigenvalue weighted by atomic mass is 9.95. The molecule has 1 atom stereocenters. The molecule has 1 amide bonds. The molecule has 0 radical (unpaired) electrons. The number of aryl methyl sites for hydroxylation is 1. The first-order chi connectivity index (χ1) is 13.4. The number of rotatable bonds is 6. The summed E-state index contributed by atoms with van der Waals surface area (Å²) < 4.78 is 15.6. The summed E-state index contributed by atoms with van der Waals surface area (Å²) in [6.07, 6.45) is 5.73. The quantitative estimate of drug-likeness (QED) is 0.436. The molecule has 1 aliphatic rings. The van der Waals surface area contributed by atoms with Crippen molar-refractivity contribution in [1.29, 1.82) is 0 Å². The number of carbonyl (C=O) groups is 1. The zero-order valence-corrected chi connectivity index (χ0v) is 16.5. The second-order valence-corrected chi connectivity index (χ2v) is 8.17. The highest BCUT2D eigenvalue weighted by atomic mass is 32.2. The molecule has 8 nitrogen and oxygen atoms in total. The van der Waals surface area contributed by atoms with E-state index >= 15 is 0 Å². The fourth-order valence-electron chi connectivity index (χ4n) is 3.38. The van der Waals surface area contributed by atoms with Gasteiger partial charge in [-0.1, -0.05) is 31.0 Å². The largest absolute Gasteiger partial charge is 0.325 e. The van der Waals surface area contributed by atoms with Gasteiger partial charge in [0.25, 0.3) is 0 Å². The predicted molar refractivity (Wildman–Crippen MR) is 104 cm³/mol. The van der Waals surface area contributed by atoms with E-state index in [2.05, 4.69) is 20.1 Å². The molecular weight excluding hydrogens is 385 g/mol. The monoisotopic (exact) mass is 407 g/mol. The van der Waals surface area contributed by atoms with E-state index in [4.69, 9.17) is 0 Å². The summed E-state index contributed by atoms with van der Waals surface area (Å²) in [7, 11) is 0. The molecule has 3 rings (SSSR count). The van der Waals surface area contributed by atoms with Crippen LogP contribution in [0.3, 0.4) is 0 Å². The molecule has 0 spiro atoms. The van der Waals surface area contributed by atoms with Crippen LogP contribution in [0.25, 0.3) is 0 Å². The number of benzene rings is 1. The van der Waals surface area contributed by atoms with E-state index in [1.54, 1.807) is 6.92 Å². The minimum absolute atomic E-state index is 0.176. The number of carbonyl (C=O) groups excluding carboxylic acids is 1. The van der Waals surface area contributed by atoms with Crippen molar-refractivity contribution < 1.29 is 14.1 Å². The summed E-state index contributed by atoms with van der Waals surface area (Å²) >= 11 is 1.30.